The zero-order valence-corrected chi connectivity index (χ0v) is 23.1. The second kappa shape index (κ2) is 11.6. The van der Waals surface area contributed by atoms with Crippen LogP contribution in [0.1, 0.15) is 37.4 Å². The van der Waals surface area contributed by atoms with E-state index in [2.05, 4.69) is 5.32 Å². The minimum absolute atomic E-state index is 0.0254. The van der Waals surface area contributed by atoms with E-state index in [1.54, 1.807) is 30.3 Å². The molecule has 1 aliphatic heterocycles. The Morgan fingerprint density at radius 1 is 0.674 bits per heavy atom. The van der Waals surface area contributed by atoms with Gasteiger partial charge in [0.2, 0.25) is 0 Å². The van der Waals surface area contributed by atoms with E-state index in [0.717, 1.165) is 34.4 Å². The lowest BCUT2D eigenvalue weighted by molar-refractivity contribution is -0.137. The van der Waals surface area contributed by atoms with E-state index < -0.39 is 11.7 Å². The maximum absolute atomic E-state index is 13.3. The Kier molecular flexibility index (Phi) is 7.55. The van der Waals surface area contributed by atoms with Gasteiger partial charge >= 0.3 is 6.18 Å². The van der Waals surface area contributed by atoms with Crippen LogP contribution in [0.4, 0.5) is 18.9 Å². The molecule has 1 heterocycles. The monoisotopic (exact) mass is 576 g/mol. The van der Waals surface area contributed by atoms with E-state index in [1.165, 1.54) is 12.1 Å². The van der Waals surface area contributed by atoms with Crippen LogP contribution in [-0.4, -0.2) is 23.3 Å². The fourth-order valence-corrected chi connectivity index (χ4v) is 5.39. The Labute approximate surface area is 247 Å². The number of nitrogens with one attached hydrogen (secondary N) is 1. The number of amides is 2. The van der Waals surface area contributed by atoms with Crippen molar-refractivity contribution < 1.29 is 22.8 Å². The van der Waals surface area contributed by atoms with E-state index in [-0.39, 0.29) is 11.8 Å². The maximum atomic E-state index is 13.3. The molecule has 0 saturated heterocycles. The molecule has 6 rings (SSSR count). The molecule has 0 fully saturated rings. The van der Waals surface area contributed by atoms with Crippen LogP contribution in [0.15, 0.2) is 121 Å². The summed E-state index contributed by atoms with van der Waals surface area (Å²) in [5.41, 5.74) is 6.14. The highest BCUT2D eigenvalue weighted by molar-refractivity contribution is 6.08. The minimum Gasteiger partial charge on any atom is -0.334 e. The molecule has 2 amide bonds. The van der Waals surface area contributed by atoms with Crippen LogP contribution in [0.2, 0.25) is 0 Å². The van der Waals surface area contributed by atoms with Crippen LogP contribution in [0.3, 0.4) is 0 Å². The molecule has 0 unspecified atom stereocenters. The Morgan fingerprint density at radius 2 is 1.33 bits per heavy atom. The van der Waals surface area contributed by atoms with Crippen LogP contribution >= 0.6 is 0 Å². The summed E-state index contributed by atoms with van der Waals surface area (Å²) in [6.07, 6.45) is -3.78. The molecular formula is C36H27F3N2O2. The first kappa shape index (κ1) is 28.0. The number of alkyl halides is 3. The van der Waals surface area contributed by atoms with Crippen molar-refractivity contribution in [2.45, 2.75) is 19.1 Å². The van der Waals surface area contributed by atoms with E-state index in [0.29, 0.717) is 47.5 Å². The molecular weight excluding hydrogens is 549 g/mol. The number of hydrogen-bond donors (Lipinski definition) is 1. The summed E-state index contributed by atoms with van der Waals surface area (Å²) in [5, 5.41) is 2.93. The molecule has 1 N–H and O–H groups in total. The molecule has 5 aromatic carbocycles. The zero-order valence-electron chi connectivity index (χ0n) is 23.1. The third-order valence-corrected chi connectivity index (χ3v) is 7.70. The molecule has 0 atom stereocenters. The lowest BCUT2D eigenvalue weighted by Gasteiger charge is -2.29. The van der Waals surface area contributed by atoms with Gasteiger partial charge in [-0.2, -0.15) is 13.2 Å². The van der Waals surface area contributed by atoms with E-state index in [4.69, 9.17) is 0 Å². The summed E-state index contributed by atoms with van der Waals surface area (Å²) in [7, 11) is 0. The van der Waals surface area contributed by atoms with Crippen molar-refractivity contribution >= 4 is 17.5 Å². The van der Waals surface area contributed by atoms with Crippen LogP contribution in [-0.2, 0) is 19.1 Å². The van der Waals surface area contributed by atoms with Gasteiger partial charge in [0.05, 0.1) is 5.56 Å². The third-order valence-electron chi connectivity index (χ3n) is 7.70. The summed E-state index contributed by atoms with van der Waals surface area (Å²) in [5.74, 6) is -0.385. The number of rotatable bonds is 5. The van der Waals surface area contributed by atoms with E-state index >= 15 is 0 Å². The van der Waals surface area contributed by atoms with Crippen LogP contribution in [0.25, 0.3) is 22.3 Å². The fraction of sp³-hybridized carbons (Fsp3) is 0.111. The first-order valence-corrected chi connectivity index (χ1v) is 13.9. The average Bonchev–Trinajstić information content (AvgIpc) is 3.04. The van der Waals surface area contributed by atoms with Crippen LogP contribution < -0.4 is 5.32 Å². The van der Waals surface area contributed by atoms with Crippen molar-refractivity contribution in [2.75, 3.05) is 11.9 Å². The number of benzene rings is 5. The van der Waals surface area contributed by atoms with Gasteiger partial charge in [-0.15, -0.1) is 0 Å². The van der Waals surface area contributed by atoms with Gasteiger partial charge in [-0.05, 0) is 82.3 Å². The van der Waals surface area contributed by atoms with Gasteiger partial charge in [0, 0.05) is 29.9 Å². The van der Waals surface area contributed by atoms with Gasteiger partial charge in [0.1, 0.15) is 0 Å². The highest BCUT2D eigenvalue weighted by Crippen LogP contribution is 2.32. The Balaban J connectivity index is 1.14. The van der Waals surface area contributed by atoms with Crippen molar-refractivity contribution in [1.82, 2.24) is 4.90 Å². The van der Waals surface area contributed by atoms with Crippen molar-refractivity contribution in [1.29, 1.82) is 0 Å². The molecule has 0 radical (unpaired) electrons. The highest BCUT2D eigenvalue weighted by atomic mass is 19.4. The summed E-state index contributed by atoms with van der Waals surface area (Å²) in [6, 6.07) is 34.9. The summed E-state index contributed by atoms with van der Waals surface area (Å²) >= 11 is 0. The molecule has 0 spiro atoms. The number of carbonyl (C=O) groups is 2. The Morgan fingerprint density at radius 3 is 2.05 bits per heavy atom. The quantitative estimate of drug-likeness (QED) is 0.228. The zero-order chi connectivity index (χ0) is 30.0. The van der Waals surface area contributed by atoms with Crippen LogP contribution in [0.5, 0.6) is 0 Å². The SMILES string of the molecule is O=C(Nc1ccc2c(c1)CCN(C(=O)c1ccc(-c3ccccc3)cc1)C2)c1ccccc1-c1ccc(C(F)(F)F)cc1. The smallest absolute Gasteiger partial charge is 0.334 e. The number of halogens is 3. The Bertz CT molecular complexity index is 1780. The second-order valence-electron chi connectivity index (χ2n) is 10.5. The molecule has 214 valence electrons. The van der Waals surface area contributed by atoms with Gasteiger partial charge in [0.15, 0.2) is 0 Å². The first-order valence-electron chi connectivity index (χ1n) is 13.9. The molecule has 5 aromatic rings. The predicted molar refractivity (Wildman–Crippen MR) is 162 cm³/mol. The molecule has 0 saturated carbocycles. The predicted octanol–water partition coefficient (Wildman–Crippen LogP) is 8.49. The van der Waals surface area contributed by atoms with Gasteiger partial charge in [0.25, 0.3) is 11.8 Å². The topological polar surface area (TPSA) is 49.4 Å². The van der Waals surface area contributed by atoms with Crippen LogP contribution in [0, 0.1) is 0 Å². The normalized spacial score (nSPS) is 12.9. The molecule has 7 heteroatoms. The van der Waals surface area contributed by atoms with Gasteiger partial charge < -0.3 is 10.2 Å². The van der Waals surface area contributed by atoms with Gasteiger partial charge in [-0.3, -0.25) is 9.59 Å². The number of fused-ring (bicyclic) bond motifs is 1. The Hall–Kier alpha value is -5.17. The molecule has 43 heavy (non-hydrogen) atoms. The lowest BCUT2D eigenvalue weighted by atomic mass is 9.97. The van der Waals surface area contributed by atoms with E-state index in [9.17, 15) is 22.8 Å². The van der Waals surface area contributed by atoms with Crippen molar-refractivity contribution in [3.05, 3.63) is 149 Å². The minimum atomic E-state index is -4.43. The summed E-state index contributed by atoms with van der Waals surface area (Å²) < 4.78 is 39.0. The van der Waals surface area contributed by atoms with Gasteiger partial charge in [-0.25, -0.2) is 0 Å². The van der Waals surface area contributed by atoms with Gasteiger partial charge in [-0.1, -0.05) is 78.9 Å². The third kappa shape index (κ3) is 6.06. The summed E-state index contributed by atoms with van der Waals surface area (Å²) in [6.45, 7) is 1.03. The molecule has 0 aliphatic carbocycles. The van der Waals surface area contributed by atoms with Crippen molar-refractivity contribution in [3.63, 3.8) is 0 Å². The van der Waals surface area contributed by atoms with E-state index in [1.807, 2.05) is 71.6 Å². The number of anilines is 1. The first-order chi connectivity index (χ1) is 20.8. The number of nitrogens with zero attached hydrogens (tertiary/aromatic N) is 1. The molecule has 0 aromatic heterocycles. The van der Waals surface area contributed by atoms with Crippen molar-refractivity contribution in [2.24, 2.45) is 0 Å². The largest absolute Gasteiger partial charge is 0.416 e. The molecule has 4 nitrogen and oxygen atoms in total. The molecule has 1 aliphatic rings. The lowest BCUT2D eigenvalue weighted by Crippen LogP contribution is -2.36. The summed E-state index contributed by atoms with van der Waals surface area (Å²) in [4.78, 5) is 28.4. The highest BCUT2D eigenvalue weighted by Gasteiger charge is 2.30. The van der Waals surface area contributed by atoms with Crippen molar-refractivity contribution in [3.8, 4) is 22.3 Å². The molecule has 0 bridgehead atoms. The maximum Gasteiger partial charge on any atom is 0.416 e. The number of hydrogen-bond acceptors (Lipinski definition) is 2. The fourth-order valence-electron chi connectivity index (χ4n) is 5.39. The standard InChI is InChI=1S/C36H27F3N2O2/c37-36(38,39)30-17-14-26(15-18-30)32-8-4-5-9-33(32)34(42)40-31-19-16-29-23-41(21-20-28(29)22-31)35(43)27-12-10-25(11-13-27)24-6-2-1-3-7-24/h1-19,22H,20-21,23H2,(H,40,42). The second-order valence-corrected chi connectivity index (χ2v) is 10.5. The number of carbonyl (C=O) groups excluding carboxylic acids is 2. The average molecular weight is 577 g/mol.